The Kier molecular flexibility index (Phi) is 2.26. The molecule has 1 aliphatic rings. The van der Waals surface area contributed by atoms with Crippen LogP contribution in [0.5, 0.6) is 0 Å². The molecule has 1 nitrogen and oxygen atoms in total. The first-order valence-corrected chi connectivity index (χ1v) is 5.44. The molecule has 0 aromatic heterocycles. The van der Waals surface area contributed by atoms with Gasteiger partial charge in [-0.05, 0) is 43.7 Å². The van der Waals surface area contributed by atoms with Crippen LogP contribution in [0, 0.1) is 12.3 Å². The summed E-state index contributed by atoms with van der Waals surface area (Å²) in [6.07, 6.45) is 2.74. The van der Waals surface area contributed by atoms with Gasteiger partial charge in [-0.15, -0.1) is 0 Å². The molecular formula is C13H19N. The summed E-state index contributed by atoms with van der Waals surface area (Å²) in [6.45, 7) is 6.81. The van der Waals surface area contributed by atoms with Gasteiger partial charge in [-0.25, -0.2) is 0 Å². The minimum Gasteiger partial charge on any atom is -0.382 e. The average Bonchev–Trinajstić information content (AvgIpc) is 2.89. The number of hydrogen-bond acceptors (Lipinski definition) is 1. The monoisotopic (exact) mass is 189 g/mol. The van der Waals surface area contributed by atoms with E-state index >= 15 is 0 Å². The van der Waals surface area contributed by atoms with E-state index in [-0.39, 0.29) is 0 Å². The zero-order valence-corrected chi connectivity index (χ0v) is 9.30. The van der Waals surface area contributed by atoms with Crippen molar-refractivity contribution in [2.24, 2.45) is 5.41 Å². The Bertz CT molecular complexity index is 326. The molecule has 1 atom stereocenters. The van der Waals surface area contributed by atoms with Crippen molar-refractivity contribution >= 4 is 5.69 Å². The minimum absolute atomic E-state index is 0.544. The van der Waals surface area contributed by atoms with E-state index in [1.54, 1.807) is 0 Å². The lowest BCUT2D eigenvalue weighted by atomic mass is 10.00. The standard InChI is InChI=1S/C13H19N/c1-10-6-4-5-7-12(10)14-11(2)13(3)8-9-13/h4-7,11,14H,8-9H2,1-3H3. The zero-order chi connectivity index (χ0) is 10.2. The molecule has 1 N–H and O–H groups in total. The first-order chi connectivity index (χ1) is 6.62. The molecule has 0 radical (unpaired) electrons. The highest BCUT2D eigenvalue weighted by Crippen LogP contribution is 2.48. The van der Waals surface area contributed by atoms with Gasteiger partial charge in [-0.3, -0.25) is 0 Å². The van der Waals surface area contributed by atoms with Crippen LogP contribution in [0.4, 0.5) is 5.69 Å². The third-order valence-electron chi connectivity index (χ3n) is 3.60. The van der Waals surface area contributed by atoms with E-state index in [1.165, 1.54) is 24.1 Å². The van der Waals surface area contributed by atoms with Crippen LogP contribution in [0.1, 0.15) is 32.3 Å². The molecule has 0 heterocycles. The summed E-state index contributed by atoms with van der Waals surface area (Å²) in [5.74, 6) is 0. The van der Waals surface area contributed by atoms with Crippen LogP contribution >= 0.6 is 0 Å². The van der Waals surface area contributed by atoms with Crippen molar-refractivity contribution in [2.75, 3.05) is 5.32 Å². The smallest absolute Gasteiger partial charge is 0.0372 e. The fourth-order valence-corrected chi connectivity index (χ4v) is 1.77. The van der Waals surface area contributed by atoms with Crippen LogP contribution < -0.4 is 5.32 Å². The van der Waals surface area contributed by atoms with Crippen LogP contribution in [0.2, 0.25) is 0 Å². The molecule has 1 saturated carbocycles. The normalized spacial score (nSPS) is 20.2. The fourth-order valence-electron chi connectivity index (χ4n) is 1.77. The number of anilines is 1. The van der Waals surface area contributed by atoms with Crippen LogP contribution in [0.3, 0.4) is 0 Å². The maximum Gasteiger partial charge on any atom is 0.0372 e. The van der Waals surface area contributed by atoms with Gasteiger partial charge in [0.1, 0.15) is 0 Å². The quantitative estimate of drug-likeness (QED) is 0.766. The van der Waals surface area contributed by atoms with Gasteiger partial charge in [0.2, 0.25) is 0 Å². The number of aryl methyl sites for hydroxylation is 1. The van der Waals surface area contributed by atoms with Crippen molar-refractivity contribution in [2.45, 2.75) is 39.7 Å². The largest absolute Gasteiger partial charge is 0.382 e. The zero-order valence-electron chi connectivity index (χ0n) is 9.30. The Balaban J connectivity index is 2.07. The summed E-state index contributed by atoms with van der Waals surface area (Å²) < 4.78 is 0. The van der Waals surface area contributed by atoms with Gasteiger partial charge in [0.15, 0.2) is 0 Å². The van der Waals surface area contributed by atoms with E-state index in [1.807, 2.05) is 0 Å². The number of para-hydroxylation sites is 1. The fraction of sp³-hybridized carbons (Fsp3) is 0.538. The third kappa shape index (κ3) is 1.77. The second-order valence-electron chi connectivity index (χ2n) is 4.83. The summed E-state index contributed by atoms with van der Waals surface area (Å²) in [7, 11) is 0. The van der Waals surface area contributed by atoms with Crippen molar-refractivity contribution < 1.29 is 0 Å². The first-order valence-electron chi connectivity index (χ1n) is 5.44. The Hall–Kier alpha value is -0.980. The molecule has 0 saturated heterocycles. The molecule has 2 rings (SSSR count). The molecule has 0 spiro atoms. The number of hydrogen-bond donors (Lipinski definition) is 1. The molecule has 1 aromatic rings. The molecule has 1 unspecified atom stereocenters. The van der Waals surface area contributed by atoms with Crippen LogP contribution in [0.15, 0.2) is 24.3 Å². The van der Waals surface area contributed by atoms with E-state index in [2.05, 4.69) is 50.4 Å². The third-order valence-corrected chi connectivity index (χ3v) is 3.60. The second-order valence-corrected chi connectivity index (χ2v) is 4.83. The van der Waals surface area contributed by atoms with Gasteiger partial charge >= 0.3 is 0 Å². The lowest BCUT2D eigenvalue weighted by molar-refractivity contribution is 0.493. The Morgan fingerprint density at radius 3 is 2.50 bits per heavy atom. The van der Waals surface area contributed by atoms with Gasteiger partial charge in [0, 0.05) is 11.7 Å². The first kappa shape index (κ1) is 9.57. The highest BCUT2D eigenvalue weighted by Gasteiger charge is 2.42. The molecule has 0 amide bonds. The Labute approximate surface area is 86.5 Å². The summed E-state index contributed by atoms with van der Waals surface area (Å²) in [5, 5.41) is 3.61. The van der Waals surface area contributed by atoms with Crippen LogP contribution in [-0.2, 0) is 0 Å². The molecule has 0 aliphatic heterocycles. The van der Waals surface area contributed by atoms with E-state index in [4.69, 9.17) is 0 Å². The van der Waals surface area contributed by atoms with Crippen molar-refractivity contribution in [3.8, 4) is 0 Å². The molecule has 0 bridgehead atoms. The van der Waals surface area contributed by atoms with E-state index < -0.39 is 0 Å². The topological polar surface area (TPSA) is 12.0 Å². The molecule has 1 aromatic carbocycles. The van der Waals surface area contributed by atoms with Crippen LogP contribution in [-0.4, -0.2) is 6.04 Å². The second kappa shape index (κ2) is 3.30. The van der Waals surface area contributed by atoms with Crippen LogP contribution in [0.25, 0.3) is 0 Å². The van der Waals surface area contributed by atoms with Gasteiger partial charge in [0.05, 0.1) is 0 Å². The summed E-state index contributed by atoms with van der Waals surface area (Å²) in [4.78, 5) is 0. The van der Waals surface area contributed by atoms with E-state index in [0.717, 1.165) is 0 Å². The molecule has 1 aliphatic carbocycles. The van der Waals surface area contributed by atoms with Crippen molar-refractivity contribution in [3.05, 3.63) is 29.8 Å². The van der Waals surface area contributed by atoms with Gasteiger partial charge in [-0.2, -0.15) is 0 Å². The van der Waals surface area contributed by atoms with E-state index in [9.17, 15) is 0 Å². The average molecular weight is 189 g/mol. The van der Waals surface area contributed by atoms with Gasteiger partial charge in [0.25, 0.3) is 0 Å². The van der Waals surface area contributed by atoms with Crippen molar-refractivity contribution in [1.29, 1.82) is 0 Å². The minimum atomic E-state index is 0.544. The number of benzene rings is 1. The summed E-state index contributed by atoms with van der Waals surface area (Å²) >= 11 is 0. The molecule has 1 fully saturated rings. The SMILES string of the molecule is Cc1ccccc1NC(C)C1(C)CC1. The van der Waals surface area contributed by atoms with Gasteiger partial charge in [-0.1, -0.05) is 25.1 Å². The highest BCUT2D eigenvalue weighted by atomic mass is 14.9. The molecule has 76 valence electrons. The van der Waals surface area contributed by atoms with E-state index in [0.29, 0.717) is 11.5 Å². The molecule has 1 heteroatoms. The maximum absolute atomic E-state index is 3.61. The highest BCUT2D eigenvalue weighted by molar-refractivity contribution is 5.51. The Morgan fingerprint density at radius 1 is 1.29 bits per heavy atom. The predicted molar refractivity (Wildman–Crippen MR) is 61.6 cm³/mol. The van der Waals surface area contributed by atoms with Crippen molar-refractivity contribution in [1.82, 2.24) is 0 Å². The maximum atomic E-state index is 3.61. The predicted octanol–water partition coefficient (Wildman–Crippen LogP) is 3.60. The summed E-state index contributed by atoms with van der Waals surface area (Å²) in [5.41, 5.74) is 3.17. The lowest BCUT2D eigenvalue weighted by Gasteiger charge is -2.22. The molecule has 14 heavy (non-hydrogen) atoms. The summed E-state index contributed by atoms with van der Waals surface area (Å²) in [6, 6.07) is 9.09. The lowest BCUT2D eigenvalue weighted by Crippen LogP contribution is -2.25. The molecular weight excluding hydrogens is 170 g/mol. The Morgan fingerprint density at radius 2 is 1.93 bits per heavy atom. The van der Waals surface area contributed by atoms with Gasteiger partial charge < -0.3 is 5.32 Å². The van der Waals surface area contributed by atoms with Crippen molar-refractivity contribution in [3.63, 3.8) is 0 Å². The number of nitrogens with one attached hydrogen (secondary N) is 1. The number of rotatable bonds is 3.